The van der Waals surface area contributed by atoms with Crippen LogP contribution < -0.4 is 10.6 Å². The molecule has 96 valence electrons. The smallest absolute Gasteiger partial charge is 0.129 e. The number of rotatable bonds is 6. The Labute approximate surface area is 103 Å². The lowest BCUT2D eigenvalue weighted by molar-refractivity contribution is 0.288. The summed E-state index contributed by atoms with van der Waals surface area (Å²) in [4.78, 5) is 6.57. The van der Waals surface area contributed by atoms with Crippen LogP contribution in [0.1, 0.15) is 38.8 Å². The molecule has 0 aliphatic carbocycles. The molecular formula is C13H23N3O. The molecule has 1 rings (SSSR count). The molecule has 1 aromatic rings. The van der Waals surface area contributed by atoms with Crippen molar-refractivity contribution in [3.8, 4) is 0 Å². The van der Waals surface area contributed by atoms with Crippen molar-refractivity contribution < 1.29 is 5.11 Å². The predicted octanol–water partition coefficient (Wildman–Crippen LogP) is 1.70. The van der Waals surface area contributed by atoms with E-state index in [1.165, 1.54) is 0 Å². The predicted molar refractivity (Wildman–Crippen MR) is 71.0 cm³/mol. The molecule has 1 aromatic heterocycles. The zero-order chi connectivity index (χ0) is 12.8. The third kappa shape index (κ3) is 3.98. The molecule has 0 aromatic carbocycles. The molecule has 1 heterocycles. The molecule has 0 amide bonds. The number of anilines is 1. The van der Waals surface area contributed by atoms with Crippen LogP contribution >= 0.6 is 0 Å². The van der Waals surface area contributed by atoms with Gasteiger partial charge >= 0.3 is 0 Å². The van der Waals surface area contributed by atoms with Crippen LogP contribution in [-0.2, 0) is 0 Å². The van der Waals surface area contributed by atoms with Gasteiger partial charge in [0.25, 0.3) is 0 Å². The minimum atomic E-state index is 0.0172. The van der Waals surface area contributed by atoms with E-state index >= 15 is 0 Å². The van der Waals surface area contributed by atoms with Gasteiger partial charge in [-0.2, -0.15) is 0 Å². The van der Waals surface area contributed by atoms with Gasteiger partial charge in [-0.1, -0.05) is 0 Å². The maximum atomic E-state index is 8.92. The lowest BCUT2D eigenvalue weighted by Gasteiger charge is -2.28. The number of hydrogen-bond donors (Lipinski definition) is 2. The van der Waals surface area contributed by atoms with Gasteiger partial charge < -0.3 is 15.7 Å². The molecule has 0 spiro atoms. The Hall–Kier alpha value is -1.13. The SMILES string of the molecule is CC(N)c1ccnc(N(CCCO)C(C)C)c1. The first-order valence-corrected chi connectivity index (χ1v) is 6.15. The van der Waals surface area contributed by atoms with Crippen molar-refractivity contribution in [1.82, 2.24) is 4.98 Å². The van der Waals surface area contributed by atoms with Gasteiger partial charge in [0, 0.05) is 31.4 Å². The molecule has 0 aliphatic rings. The number of aromatic nitrogens is 1. The fourth-order valence-corrected chi connectivity index (χ4v) is 1.75. The van der Waals surface area contributed by atoms with Crippen LogP contribution in [0.3, 0.4) is 0 Å². The summed E-state index contributed by atoms with van der Waals surface area (Å²) in [6, 6.07) is 4.35. The summed E-state index contributed by atoms with van der Waals surface area (Å²) in [6.07, 6.45) is 2.55. The van der Waals surface area contributed by atoms with Gasteiger partial charge in [-0.05, 0) is 44.9 Å². The Balaban J connectivity index is 2.89. The van der Waals surface area contributed by atoms with Crippen LogP contribution in [-0.4, -0.2) is 29.3 Å². The Kier molecular flexibility index (Phi) is 5.38. The first-order chi connectivity index (χ1) is 8.06. The van der Waals surface area contributed by atoms with Crippen LogP contribution in [0.25, 0.3) is 0 Å². The van der Waals surface area contributed by atoms with Gasteiger partial charge in [0.2, 0.25) is 0 Å². The second-order valence-corrected chi connectivity index (χ2v) is 4.60. The monoisotopic (exact) mass is 237 g/mol. The Morgan fingerprint density at radius 3 is 2.65 bits per heavy atom. The molecule has 0 bridgehead atoms. The lowest BCUT2D eigenvalue weighted by Crippen LogP contribution is -2.33. The van der Waals surface area contributed by atoms with Crippen molar-refractivity contribution in [1.29, 1.82) is 0 Å². The minimum absolute atomic E-state index is 0.0172. The fourth-order valence-electron chi connectivity index (χ4n) is 1.75. The molecular weight excluding hydrogens is 214 g/mol. The highest BCUT2D eigenvalue weighted by Crippen LogP contribution is 2.18. The van der Waals surface area contributed by atoms with E-state index in [9.17, 15) is 0 Å². The van der Waals surface area contributed by atoms with Crippen molar-refractivity contribution in [2.45, 2.75) is 39.3 Å². The summed E-state index contributed by atoms with van der Waals surface area (Å²) in [5, 5.41) is 8.92. The number of aliphatic hydroxyl groups excluding tert-OH is 1. The molecule has 0 saturated heterocycles. The molecule has 1 atom stereocenters. The second kappa shape index (κ2) is 6.57. The van der Waals surface area contributed by atoms with Crippen molar-refractivity contribution in [2.24, 2.45) is 5.73 Å². The molecule has 0 fully saturated rings. The quantitative estimate of drug-likeness (QED) is 0.790. The molecule has 0 saturated carbocycles. The van der Waals surface area contributed by atoms with E-state index in [0.29, 0.717) is 6.04 Å². The highest BCUT2D eigenvalue weighted by molar-refractivity contribution is 5.42. The van der Waals surface area contributed by atoms with Gasteiger partial charge in [-0.3, -0.25) is 0 Å². The van der Waals surface area contributed by atoms with Crippen molar-refractivity contribution >= 4 is 5.82 Å². The van der Waals surface area contributed by atoms with E-state index in [2.05, 4.69) is 23.7 Å². The van der Waals surface area contributed by atoms with Crippen LogP contribution in [0.5, 0.6) is 0 Å². The minimum Gasteiger partial charge on any atom is -0.396 e. The zero-order valence-corrected chi connectivity index (χ0v) is 10.9. The van der Waals surface area contributed by atoms with E-state index in [0.717, 1.165) is 24.3 Å². The standard InChI is InChI=1S/C13H23N3O/c1-10(2)16(7-4-8-17)13-9-12(11(3)14)5-6-15-13/h5-6,9-11,17H,4,7-8,14H2,1-3H3. The van der Waals surface area contributed by atoms with Crippen molar-refractivity contribution in [2.75, 3.05) is 18.1 Å². The first-order valence-electron chi connectivity index (χ1n) is 6.15. The molecule has 1 unspecified atom stereocenters. The summed E-state index contributed by atoms with van der Waals surface area (Å²) in [5.41, 5.74) is 6.96. The normalized spacial score (nSPS) is 12.8. The fraction of sp³-hybridized carbons (Fsp3) is 0.615. The summed E-state index contributed by atoms with van der Waals surface area (Å²) >= 11 is 0. The van der Waals surface area contributed by atoms with Crippen LogP contribution in [0.2, 0.25) is 0 Å². The van der Waals surface area contributed by atoms with Crippen LogP contribution in [0.15, 0.2) is 18.3 Å². The number of nitrogens with zero attached hydrogens (tertiary/aromatic N) is 2. The van der Waals surface area contributed by atoms with Crippen molar-refractivity contribution in [3.63, 3.8) is 0 Å². The molecule has 0 radical (unpaired) electrons. The van der Waals surface area contributed by atoms with E-state index in [4.69, 9.17) is 10.8 Å². The van der Waals surface area contributed by atoms with Gasteiger partial charge in [0.05, 0.1) is 0 Å². The number of pyridine rings is 1. The van der Waals surface area contributed by atoms with E-state index in [1.54, 1.807) is 6.20 Å². The van der Waals surface area contributed by atoms with Gasteiger partial charge in [0.15, 0.2) is 0 Å². The summed E-state index contributed by atoms with van der Waals surface area (Å²) in [7, 11) is 0. The molecule has 4 heteroatoms. The average Bonchev–Trinajstić information content (AvgIpc) is 2.29. The zero-order valence-electron chi connectivity index (χ0n) is 10.9. The van der Waals surface area contributed by atoms with E-state index in [1.807, 2.05) is 19.1 Å². The Bertz CT molecular complexity index is 339. The maximum Gasteiger partial charge on any atom is 0.129 e. The average molecular weight is 237 g/mol. The Morgan fingerprint density at radius 2 is 2.12 bits per heavy atom. The molecule has 17 heavy (non-hydrogen) atoms. The number of nitrogens with two attached hydrogens (primary N) is 1. The number of aliphatic hydroxyl groups is 1. The van der Waals surface area contributed by atoms with Crippen molar-refractivity contribution in [3.05, 3.63) is 23.9 Å². The highest BCUT2D eigenvalue weighted by atomic mass is 16.3. The summed E-state index contributed by atoms with van der Waals surface area (Å²) in [5.74, 6) is 0.934. The van der Waals surface area contributed by atoms with E-state index < -0.39 is 0 Å². The third-order valence-corrected chi connectivity index (χ3v) is 2.77. The summed E-state index contributed by atoms with van der Waals surface area (Å²) in [6.45, 7) is 7.22. The first kappa shape index (κ1) is 13.9. The highest BCUT2D eigenvalue weighted by Gasteiger charge is 2.12. The lowest BCUT2D eigenvalue weighted by atomic mass is 10.1. The van der Waals surface area contributed by atoms with Gasteiger partial charge in [-0.25, -0.2) is 4.98 Å². The molecule has 0 aliphatic heterocycles. The molecule has 3 N–H and O–H groups in total. The second-order valence-electron chi connectivity index (χ2n) is 4.60. The molecule has 4 nitrogen and oxygen atoms in total. The van der Waals surface area contributed by atoms with Crippen LogP contribution in [0, 0.1) is 0 Å². The maximum absolute atomic E-state index is 8.92. The largest absolute Gasteiger partial charge is 0.396 e. The topological polar surface area (TPSA) is 62.4 Å². The number of hydrogen-bond acceptors (Lipinski definition) is 4. The van der Waals surface area contributed by atoms with Crippen LogP contribution in [0.4, 0.5) is 5.82 Å². The van der Waals surface area contributed by atoms with Gasteiger partial charge in [0.1, 0.15) is 5.82 Å². The summed E-state index contributed by atoms with van der Waals surface area (Å²) < 4.78 is 0. The Morgan fingerprint density at radius 1 is 1.41 bits per heavy atom. The van der Waals surface area contributed by atoms with Gasteiger partial charge in [-0.15, -0.1) is 0 Å². The third-order valence-electron chi connectivity index (χ3n) is 2.77. The van der Waals surface area contributed by atoms with E-state index in [-0.39, 0.29) is 12.6 Å².